The van der Waals surface area contributed by atoms with Crippen molar-refractivity contribution in [2.24, 2.45) is 0 Å². The number of carbonyl (C=O) groups is 1. The maximum atomic E-state index is 11.4. The van der Waals surface area contributed by atoms with Gasteiger partial charge in [-0.1, -0.05) is 20.8 Å². The molecule has 0 spiro atoms. The molecule has 6 nitrogen and oxygen atoms in total. The molecular weight excluding hydrogens is 258 g/mol. The predicted molar refractivity (Wildman–Crippen MR) is 77.2 cm³/mol. The molecule has 1 fully saturated rings. The van der Waals surface area contributed by atoms with E-state index in [2.05, 4.69) is 10.3 Å². The number of aromatic nitrogens is 1. The fourth-order valence-electron chi connectivity index (χ4n) is 2.06. The summed E-state index contributed by atoms with van der Waals surface area (Å²) >= 11 is 0. The number of ether oxygens (including phenoxy) is 1. The van der Waals surface area contributed by atoms with Crippen LogP contribution in [0.1, 0.15) is 43.2 Å². The number of carboxylic acids is 1. The van der Waals surface area contributed by atoms with Gasteiger partial charge in [-0.2, -0.15) is 0 Å². The van der Waals surface area contributed by atoms with Crippen molar-refractivity contribution in [1.82, 2.24) is 4.98 Å². The van der Waals surface area contributed by atoms with Crippen LogP contribution < -0.4 is 11.1 Å². The maximum Gasteiger partial charge on any atom is 0.354 e. The number of nitrogens with zero attached hydrogens (tertiary/aromatic N) is 1. The predicted octanol–water partition coefficient (Wildman–Crippen LogP) is 1.86. The summed E-state index contributed by atoms with van der Waals surface area (Å²) < 4.78 is 5.30. The first-order valence-corrected chi connectivity index (χ1v) is 6.69. The highest BCUT2D eigenvalue weighted by molar-refractivity contribution is 5.89. The average Bonchev–Trinajstić information content (AvgIpc) is 2.26. The fourth-order valence-corrected chi connectivity index (χ4v) is 2.06. The molecule has 0 aromatic carbocycles. The van der Waals surface area contributed by atoms with Gasteiger partial charge in [0.15, 0.2) is 5.69 Å². The number of hydrogen-bond acceptors (Lipinski definition) is 5. The molecule has 1 saturated heterocycles. The largest absolute Gasteiger partial charge is 0.477 e. The number of rotatable bonds is 4. The van der Waals surface area contributed by atoms with Gasteiger partial charge in [-0.3, -0.25) is 0 Å². The van der Waals surface area contributed by atoms with Crippen molar-refractivity contribution in [2.45, 2.75) is 38.7 Å². The molecule has 6 heteroatoms. The summed E-state index contributed by atoms with van der Waals surface area (Å²) in [5.41, 5.74) is 6.78. The zero-order chi connectivity index (χ0) is 14.9. The lowest BCUT2D eigenvalue weighted by Crippen LogP contribution is -2.34. The van der Waals surface area contributed by atoms with E-state index in [-0.39, 0.29) is 17.2 Å². The molecule has 0 radical (unpaired) electrons. The molecule has 110 valence electrons. The number of hydrogen-bond donors (Lipinski definition) is 3. The highest BCUT2D eigenvalue weighted by atomic mass is 16.5. The zero-order valence-corrected chi connectivity index (χ0v) is 12.1. The van der Waals surface area contributed by atoms with Crippen LogP contribution in [0.25, 0.3) is 0 Å². The molecule has 1 aliphatic rings. The van der Waals surface area contributed by atoms with Crippen LogP contribution >= 0.6 is 0 Å². The second-order valence-electron chi connectivity index (χ2n) is 6.04. The third-order valence-corrected chi connectivity index (χ3v) is 3.35. The molecule has 2 rings (SSSR count). The van der Waals surface area contributed by atoms with Crippen molar-refractivity contribution in [1.29, 1.82) is 0 Å². The van der Waals surface area contributed by atoms with Gasteiger partial charge in [0.05, 0.1) is 11.8 Å². The monoisotopic (exact) mass is 279 g/mol. The number of aromatic carboxylic acids is 1. The summed E-state index contributed by atoms with van der Waals surface area (Å²) in [6.45, 7) is 7.17. The van der Waals surface area contributed by atoms with Crippen molar-refractivity contribution in [3.63, 3.8) is 0 Å². The average molecular weight is 279 g/mol. The van der Waals surface area contributed by atoms with Crippen LogP contribution in [0.5, 0.6) is 0 Å². The Morgan fingerprint density at radius 2 is 2.25 bits per heavy atom. The Balaban J connectivity index is 2.29. The molecule has 1 aromatic rings. The molecule has 2 heterocycles. The highest BCUT2D eigenvalue weighted by Gasteiger charge is 2.25. The Hall–Kier alpha value is -1.82. The van der Waals surface area contributed by atoms with Crippen molar-refractivity contribution in [3.05, 3.63) is 17.3 Å². The molecule has 1 aromatic heterocycles. The third kappa shape index (κ3) is 3.01. The first kappa shape index (κ1) is 14.6. The van der Waals surface area contributed by atoms with Crippen LogP contribution in [0, 0.1) is 0 Å². The topological polar surface area (TPSA) is 97.5 Å². The lowest BCUT2D eigenvalue weighted by atomic mass is 9.85. The molecule has 20 heavy (non-hydrogen) atoms. The summed E-state index contributed by atoms with van der Waals surface area (Å²) in [5, 5.41) is 12.4. The SMILES string of the molecule is CC(C)(C)c1cc(N)c(NC[C@@H]2CCO2)nc1C(=O)O. The normalized spacial score (nSPS) is 18.4. The second kappa shape index (κ2) is 5.28. The number of nitrogens with two attached hydrogens (primary N) is 1. The van der Waals surface area contributed by atoms with Crippen molar-refractivity contribution in [3.8, 4) is 0 Å². The molecule has 1 aliphatic heterocycles. The third-order valence-electron chi connectivity index (χ3n) is 3.35. The van der Waals surface area contributed by atoms with E-state index in [1.807, 2.05) is 20.8 Å². The lowest BCUT2D eigenvalue weighted by Gasteiger charge is -2.27. The minimum atomic E-state index is -1.04. The Kier molecular flexibility index (Phi) is 3.85. The first-order chi connectivity index (χ1) is 9.29. The van der Waals surface area contributed by atoms with Gasteiger partial charge in [0.2, 0.25) is 0 Å². The van der Waals surface area contributed by atoms with E-state index >= 15 is 0 Å². The van der Waals surface area contributed by atoms with Gasteiger partial charge in [0, 0.05) is 13.2 Å². The minimum Gasteiger partial charge on any atom is -0.477 e. The van der Waals surface area contributed by atoms with Crippen LogP contribution in [0.4, 0.5) is 11.5 Å². The van der Waals surface area contributed by atoms with Crippen molar-refractivity contribution < 1.29 is 14.6 Å². The van der Waals surface area contributed by atoms with E-state index in [4.69, 9.17) is 10.5 Å². The van der Waals surface area contributed by atoms with Gasteiger partial charge in [0.1, 0.15) is 5.82 Å². The standard InChI is InChI=1S/C14H21N3O3/c1-14(2,3)9-6-10(15)12(17-11(9)13(18)19)16-7-8-4-5-20-8/h6,8H,4-5,7,15H2,1-3H3,(H,16,17)(H,18,19)/t8-/m0/s1. The van der Waals surface area contributed by atoms with Gasteiger partial charge >= 0.3 is 5.97 Å². The van der Waals surface area contributed by atoms with Gasteiger partial charge < -0.3 is 20.9 Å². The molecule has 4 N–H and O–H groups in total. The van der Waals surface area contributed by atoms with Crippen LogP contribution in [0.3, 0.4) is 0 Å². The summed E-state index contributed by atoms with van der Waals surface area (Å²) in [5.74, 6) is -0.635. The number of nitrogens with one attached hydrogen (secondary N) is 1. The zero-order valence-electron chi connectivity index (χ0n) is 12.1. The first-order valence-electron chi connectivity index (χ1n) is 6.69. The van der Waals surface area contributed by atoms with Gasteiger partial charge in [-0.05, 0) is 23.5 Å². The highest BCUT2D eigenvalue weighted by Crippen LogP contribution is 2.30. The second-order valence-corrected chi connectivity index (χ2v) is 6.04. The number of nitrogen functional groups attached to an aromatic ring is 1. The van der Waals surface area contributed by atoms with Gasteiger partial charge in [-0.15, -0.1) is 0 Å². The van der Waals surface area contributed by atoms with Gasteiger partial charge in [-0.25, -0.2) is 9.78 Å². The van der Waals surface area contributed by atoms with Crippen molar-refractivity contribution in [2.75, 3.05) is 24.2 Å². The van der Waals surface area contributed by atoms with Crippen LogP contribution in [-0.4, -0.2) is 35.3 Å². The van der Waals surface area contributed by atoms with Gasteiger partial charge in [0.25, 0.3) is 0 Å². The van der Waals surface area contributed by atoms with E-state index in [1.54, 1.807) is 6.07 Å². The summed E-state index contributed by atoms with van der Waals surface area (Å²) in [6.07, 6.45) is 1.16. The molecule has 0 saturated carbocycles. The number of anilines is 2. The molecule has 0 aliphatic carbocycles. The smallest absolute Gasteiger partial charge is 0.354 e. The van der Waals surface area contributed by atoms with Crippen LogP contribution in [0.15, 0.2) is 6.07 Å². The van der Waals surface area contributed by atoms with E-state index in [1.165, 1.54) is 0 Å². The fraction of sp³-hybridized carbons (Fsp3) is 0.571. The van der Waals surface area contributed by atoms with E-state index in [9.17, 15) is 9.90 Å². The lowest BCUT2D eigenvalue weighted by molar-refractivity contribution is -0.0410. The molecule has 0 amide bonds. The summed E-state index contributed by atoms with van der Waals surface area (Å²) in [7, 11) is 0. The number of carboxylic acid groups (broad SMARTS) is 1. The maximum absolute atomic E-state index is 11.4. The molecule has 0 unspecified atom stereocenters. The van der Waals surface area contributed by atoms with Crippen LogP contribution in [-0.2, 0) is 10.2 Å². The minimum absolute atomic E-state index is 0.0451. The van der Waals surface area contributed by atoms with E-state index in [0.717, 1.165) is 13.0 Å². The van der Waals surface area contributed by atoms with E-state index < -0.39 is 5.97 Å². The summed E-state index contributed by atoms with van der Waals surface area (Å²) in [4.78, 5) is 15.6. The van der Waals surface area contributed by atoms with Crippen LogP contribution in [0.2, 0.25) is 0 Å². The Morgan fingerprint density at radius 3 is 2.70 bits per heavy atom. The summed E-state index contributed by atoms with van der Waals surface area (Å²) in [6, 6.07) is 1.69. The van der Waals surface area contributed by atoms with E-state index in [0.29, 0.717) is 23.6 Å². The quantitative estimate of drug-likeness (QED) is 0.778. The van der Waals surface area contributed by atoms with Crippen molar-refractivity contribution >= 4 is 17.5 Å². The number of pyridine rings is 1. The Labute approximate surface area is 118 Å². The molecule has 0 bridgehead atoms. The molecule has 1 atom stereocenters. The Morgan fingerprint density at radius 1 is 1.60 bits per heavy atom. The molecular formula is C14H21N3O3. The Bertz CT molecular complexity index is 519.